The van der Waals surface area contributed by atoms with E-state index in [2.05, 4.69) is 5.10 Å². The van der Waals surface area contributed by atoms with Crippen molar-refractivity contribution in [2.24, 2.45) is 7.05 Å². The standard InChI is InChI=1S/C19H24N4O2/c1-14-17(11-20-21(14)3)12-23-15(2)19(25)22(13-18(23)24)10-9-16-7-5-4-6-8-16/h4-8,11,15H,9-10,12-13H2,1-3H3/t15-/m0/s1. The number of piperazine rings is 1. The summed E-state index contributed by atoms with van der Waals surface area (Å²) in [7, 11) is 1.87. The van der Waals surface area contributed by atoms with Crippen LogP contribution in [0.3, 0.4) is 0 Å². The second-order valence-electron chi connectivity index (χ2n) is 6.57. The van der Waals surface area contributed by atoms with Crippen LogP contribution < -0.4 is 0 Å². The van der Waals surface area contributed by atoms with E-state index in [-0.39, 0.29) is 18.4 Å². The fourth-order valence-electron chi connectivity index (χ4n) is 3.15. The topological polar surface area (TPSA) is 58.4 Å². The van der Waals surface area contributed by atoms with Crippen molar-refractivity contribution in [3.8, 4) is 0 Å². The van der Waals surface area contributed by atoms with Gasteiger partial charge in [0.2, 0.25) is 11.8 Å². The van der Waals surface area contributed by atoms with Crippen molar-refractivity contribution in [2.45, 2.75) is 32.9 Å². The highest BCUT2D eigenvalue weighted by molar-refractivity contribution is 5.94. The van der Waals surface area contributed by atoms with Gasteiger partial charge in [0.15, 0.2) is 0 Å². The van der Waals surface area contributed by atoms with Crippen molar-refractivity contribution >= 4 is 11.8 Å². The highest BCUT2D eigenvalue weighted by Crippen LogP contribution is 2.18. The van der Waals surface area contributed by atoms with Gasteiger partial charge in [0, 0.05) is 31.4 Å². The number of rotatable bonds is 5. The third-order valence-corrected chi connectivity index (χ3v) is 4.97. The van der Waals surface area contributed by atoms with Gasteiger partial charge < -0.3 is 9.80 Å². The van der Waals surface area contributed by atoms with Crippen molar-refractivity contribution < 1.29 is 9.59 Å². The Hall–Kier alpha value is -2.63. The third kappa shape index (κ3) is 3.57. The molecule has 0 radical (unpaired) electrons. The van der Waals surface area contributed by atoms with Crippen LogP contribution in [0.1, 0.15) is 23.7 Å². The van der Waals surface area contributed by atoms with Gasteiger partial charge in [-0.2, -0.15) is 5.10 Å². The zero-order valence-corrected chi connectivity index (χ0v) is 15.0. The second kappa shape index (κ2) is 7.09. The Morgan fingerprint density at radius 2 is 1.92 bits per heavy atom. The van der Waals surface area contributed by atoms with Crippen molar-refractivity contribution in [1.29, 1.82) is 0 Å². The molecule has 6 heteroatoms. The lowest BCUT2D eigenvalue weighted by molar-refractivity contribution is -0.155. The molecule has 6 nitrogen and oxygen atoms in total. The van der Waals surface area contributed by atoms with Crippen LogP contribution in [0.4, 0.5) is 0 Å². The first kappa shape index (κ1) is 17.2. The van der Waals surface area contributed by atoms with Crippen molar-refractivity contribution in [2.75, 3.05) is 13.1 Å². The number of hydrogen-bond donors (Lipinski definition) is 0. The molecule has 1 aliphatic heterocycles. The molecule has 132 valence electrons. The largest absolute Gasteiger partial charge is 0.331 e. The van der Waals surface area contributed by atoms with Crippen molar-refractivity contribution in [1.82, 2.24) is 19.6 Å². The van der Waals surface area contributed by atoms with Crippen LogP contribution in [0.25, 0.3) is 0 Å². The van der Waals surface area contributed by atoms with Gasteiger partial charge in [-0.25, -0.2) is 0 Å². The lowest BCUT2D eigenvalue weighted by Crippen LogP contribution is -2.58. The van der Waals surface area contributed by atoms with E-state index in [0.717, 1.165) is 17.7 Å². The van der Waals surface area contributed by atoms with Gasteiger partial charge in [-0.1, -0.05) is 30.3 Å². The van der Waals surface area contributed by atoms with Crippen LogP contribution in [-0.2, 0) is 29.6 Å². The van der Waals surface area contributed by atoms with E-state index in [1.807, 2.05) is 44.3 Å². The molecular weight excluding hydrogens is 316 g/mol. The molecule has 0 unspecified atom stereocenters. The van der Waals surface area contributed by atoms with Gasteiger partial charge >= 0.3 is 0 Å². The van der Waals surface area contributed by atoms with E-state index >= 15 is 0 Å². The number of carbonyl (C=O) groups is 2. The lowest BCUT2D eigenvalue weighted by atomic mass is 10.1. The minimum absolute atomic E-state index is 0.0107. The molecule has 1 fully saturated rings. The molecule has 0 spiro atoms. The Morgan fingerprint density at radius 1 is 1.20 bits per heavy atom. The molecule has 2 heterocycles. The molecule has 0 bridgehead atoms. The molecule has 2 amide bonds. The van der Waals surface area contributed by atoms with Crippen molar-refractivity contribution in [3.05, 3.63) is 53.3 Å². The summed E-state index contributed by atoms with van der Waals surface area (Å²) >= 11 is 0. The van der Waals surface area contributed by atoms with E-state index in [9.17, 15) is 9.59 Å². The number of amides is 2. The summed E-state index contributed by atoms with van der Waals surface area (Å²) in [5.41, 5.74) is 3.16. The molecule has 1 aromatic heterocycles. The molecule has 1 aliphatic rings. The Bertz CT molecular complexity index is 769. The number of benzene rings is 1. The summed E-state index contributed by atoms with van der Waals surface area (Å²) in [4.78, 5) is 28.6. The maximum absolute atomic E-state index is 12.7. The summed E-state index contributed by atoms with van der Waals surface area (Å²) < 4.78 is 1.78. The monoisotopic (exact) mass is 340 g/mol. The molecule has 0 saturated carbocycles. The first-order valence-corrected chi connectivity index (χ1v) is 8.57. The Morgan fingerprint density at radius 3 is 2.56 bits per heavy atom. The number of aryl methyl sites for hydroxylation is 1. The molecule has 1 saturated heterocycles. The van der Waals surface area contributed by atoms with E-state index in [4.69, 9.17) is 0 Å². The number of nitrogens with zero attached hydrogens (tertiary/aromatic N) is 4. The van der Waals surface area contributed by atoms with Gasteiger partial charge in [0.25, 0.3) is 0 Å². The Labute approximate surface area is 148 Å². The predicted molar refractivity (Wildman–Crippen MR) is 94.7 cm³/mol. The van der Waals surface area contributed by atoms with Crippen LogP contribution >= 0.6 is 0 Å². The lowest BCUT2D eigenvalue weighted by Gasteiger charge is -2.38. The highest BCUT2D eigenvalue weighted by Gasteiger charge is 2.36. The number of carbonyl (C=O) groups excluding carboxylic acids is 2. The molecule has 3 rings (SSSR count). The fourth-order valence-corrected chi connectivity index (χ4v) is 3.15. The summed E-state index contributed by atoms with van der Waals surface area (Å²) in [5, 5.41) is 4.21. The first-order chi connectivity index (χ1) is 12.0. The van der Waals surface area contributed by atoms with Gasteiger partial charge in [0.05, 0.1) is 12.7 Å². The minimum Gasteiger partial charge on any atom is -0.331 e. The maximum Gasteiger partial charge on any atom is 0.245 e. The van der Waals surface area contributed by atoms with E-state index < -0.39 is 6.04 Å². The maximum atomic E-state index is 12.7. The molecular formula is C19H24N4O2. The van der Waals surface area contributed by atoms with Crippen LogP contribution in [-0.4, -0.2) is 50.5 Å². The van der Waals surface area contributed by atoms with E-state index in [0.29, 0.717) is 13.1 Å². The predicted octanol–water partition coefficient (Wildman–Crippen LogP) is 1.53. The van der Waals surface area contributed by atoms with E-state index in [1.54, 1.807) is 27.6 Å². The summed E-state index contributed by atoms with van der Waals surface area (Å²) in [6, 6.07) is 9.57. The Balaban J connectivity index is 1.66. The zero-order chi connectivity index (χ0) is 18.0. The summed E-state index contributed by atoms with van der Waals surface area (Å²) in [6.07, 6.45) is 2.52. The van der Waals surface area contributed by atoms with Gasteiger partial charge in [-0.05, 0) is 25.8 Å². The second-order valence-corrected chi connectivity index (χ2v) is 6.57. The fraction of sp³-hybridized carbons (Fsp3) is 0.421. The normalized spacial score (nSPS) is 18.1. The van der Waals surface area contributed by atoms with Crippen LogP contribution in [0, 0.1) is 6.92 Å². The average Bonchev–Trinajstić information content (AvgIpc) is 2.93. The van der Waals surface area contributed by atoms with Gasteiger partial charge in [-0.15, -0.1) is 0 Å². The molecule has 1 aromatic carbocycles. The van der Waals surface area contributed by atoms with E-state index in [1.165, 1.54) is 5.56 Å². The molecule has 25 heavy (non-hydrogen) atoms. The summed E-state index contributed by atoms with van der Waals surface area (Å²) in [6.45, 7) is 4.92. The van der Waals surface area contributed by atoms with Crippen LogP contribution in [0.15, 0.2) is 36.5 Å². The smallest absolute Gasteiger partial charge is 0.245 e. The molecule has 0 aliphatic carbocycles. The zero-order valence-electron chi connectivity index (χ0n) is 15.0. The quantitative estimate of drug-likeness (QED) is 0.829. The van der Waals surface area contributed by atoms with Crippen molar-refractivity contribution in [3.63, 3.8) is 0 Å². The Kier molecular flexibility index (Phi) is 4.88. The highest BCUT2D eigenvalue weighted by atomic mass is 16.2. The number of aromatic nitrogens is 2. The van der Waals surface area contributed by atoms with Gasteiger partial charge in [0.1, 0.15) is 6.04 Å². The molecule has 1 atom stereocenters. The van der Waals surface area contributed by atoms with Gasteiger partial charge in [-0.3, -0.25) is 14.3 Å². The number of hydrogen-bond acceptors (Lipinski definition) is 3. The first-order valence-electron chi connectivity index (χ1n) is 8.57. The van der Waals surface area contributed by atoms with Crippen LogP contribution in [0.2, 0.25) is 0 Å². The SMILES string of the molecule is Cc1c(CN2C(=O)CN(CCc3ccccc3)C(=O)[C@@H]2C)cnn1C. The molecule has 2 aromatic rings. The van der Waals surface area contributed by atoms with Crippen LogP contribution in [0.5, 0.6) is 0 Å². The third-order valence-electron chi connectivity index (χ3n) is 4.97. The average molecular weight is 340 g/mol. The minimum atomic E-state index is -0.448. The molecule has 0 N–H and O–H groups in total. The summed E-state index contributed by atoms with van der Waals surface area (Å²) in [5.74, 6) is 0.000453.